The third-order valence-electron chi connectivity index (χ3n) is 5.27. The molecule has 0 unspecified atom stereocenters. The molecule has 2 aliphatic rings. The van der Waals surface area contributed by atoms with Crippen LogP contribution in [0.3, 0.4) is 0 Å². The van der Waals surface area contributed by atoms with Gasteiger partial charge in [0.15, 0.2) is 0 Å². The van der Waals surface area contributed by atoms with Crippen molar-refractivity contribution in [1.29, 1.82) is 0 Å². The predicted molar refractivity (Wildman–Crippen MR) is 89.1 cm³/mol. The number of fused-ring (bicyclic) bond motifs is 2. The maximum absolute atomic E-state index is 5.58. The summed E-state index contributed by atoms with van der Waals surface area (Å²) in [5.74, 6) is 2.27. The lowest BCUT2D eigenvalue weighted by molar-refractivity contribution is 0.182. The molecule has 0 N–H and O–H groups in total. The number of rotatable bonds is 0. The maximum atomic E-state index is 5.58. The van der Waals surface area contributed by atoms with E-state index in [1.807, 2.05) is 20.8 Å². The Bertz CT molecular complexity index is 607. The van der Waals surface area contributed by atoms with Crippen molar-refractivity contribution in [3.05, 3.63) is 47.9 Å². The fraction of sp³-hybridized carbons (Fsp3) is 0.526. The lowest BCUT2D eigenvalue weighted by Crippen LogP contribution is -2.42. The molecule has 3 rings (SSSR count). The Balaban J connectivity index is 0.000000774. The molecule has 0 radical (unpaired) electrons. The summed E-state index contributed by atoms with van der Waals surface area (Å²) in [6, 6.07) is 0. The Morgan fingerprint density at radius 2 is 1.86 bits per heavy atom. The van der Waals surface area contributed by atoms with Crippen LogP contribution in [0.25, 0.3) is 5.57 Å². The van der Waals surface area contributed by atoms with E-state index in [4.69, 9.17) is 4.52 Å². The van der Waals surface area contributed by atoms with Crippen molar-refractivity contribution in [2.45, 2.75) is 47.5 Å². The largest absolute Gasteiger partial charge is 0.360 e. The van der Waals surface area contributed by atoms with E-state index >= 15 is 0 Å². The normalized spacial score (nSPS) is 33.9. The van der Waals surface area contributed by atoms with Crippen LogP contribution >= 0.6 is 0 Å². The molecule has 1 aromatic rings. The van der Waals surface area contributed by atoms with Gasteiger partial charge < -0.3 is 4.52 Å². The van der Waals surface area contributed by atoms with Gasteiger partial charge >= 0.3 is 0 Å². The molecule has 114 valence electrons. The summed E-state index contributed by atoms with van der Waals surface area (Å²) in [5.41, 5.74) is 4.25. The van der Waals surface area contributed by atoms with Gasteiger partial charge in [-0.25, -0.2) is 0 Å². The lowest BCUT2D eigenvalue weighted by atomic mass is 9.52. The smallest absolute Gasteiger partial charge is 0.147 e. The van der Waals surface area contributed by atoms with Crippen molar-refractivity contribution < 1.29 is 4.52 Å². The van der Waals surface area contributed by atoms with Crippen LogP contribution in [0.1, 0.15) is 57.6 Å². The summed E-state index contributed by atoms with van der Waals surface area (Å²) < 4.78 is 5.58. The summed E-state index contributed by atoms with van der Waals surface area (Å²) in [4.78, 5) is 0. The Morgan fingerprint density at radius 3 is 2.48 bits per heavy atom. The minimum absolute atomic E-state index is 0.0864. The lowest BCUT2D eigenvalue weighted by Gasteiger charge is -2.50. The van der Waals surface area contributed by atoms with E-state index in [0.717, 1.165) is 28.2 Å². The first-order chi connectivity index (χ1) is 9.89. The summed E-state index contributed by atoms with van der Waals surface area (Å²) in [6.45, 7) is 21.4. The maximum Gasteiger partial charge on any atom is 0.147 e. The van der Waals surface area contributed by atoms with Crippen LogP contribution in [0.15, 0.2) is 35.4 Å². The van der Waals surface area contributed by atoms with E-state index in [9.17, 15) is 0 Å². The average Bonchev–Trinajstić information content (AvgIpc) is 2.85. The van der Waals surface area contributed by atoms with Crippen molar-refractivity contribution in [3.8, 4) is 0 Å². The first-order valence-electron chi connectivity index (χ1n) is 7.92. The van der Waals surface area contributed by atoms with E-state index in [-0.39, 0.29) is 5.41 Å². The zero-order valence-corrected chi connectivity index (χ0v) is 14.2. The molecule has 0 bridgehead atoms. The standard InChI is InChI=1S/C17H21NO.C2H6/c1-9-7-8-10(2)17(6)12(4)14-13(5)18-19-16(14)11(3)15(9)17;1-2/h7-9,11,15H,2,4H2,1,3,5-6H3;1-2H3/t9-,11-,15-,17+;/m0./s1. The minimum atomic E-state index is -0.0864. The van der Waals surface area contributed by atoms with Gasteiger partial charge in [-0.3, -0.25) is 0 Å². The molecule has 2 heteroatoms. The molecule has 4 atom stereocenters. The highest BCUT2D eigenvalue weighted by atomic mass is 16.5. The molecular formula is C19H27NO. The molecular weight excluding hydrogens is 258 g/mol. The molecule has 0 saturated heterocycles. The summed E-state index contributed by atoms with van der Waals surface area (Å²) in [6.07, 6.45) is 4.42. The van der Waals surface area contributed by atoms with Gasteiger partial charge in [0, 0.05) is 16.9 Å². The molecule has 1 aromatic heterocycles. The summed E-state index contributed by atoms with van der Waals surface area (Å²) in [7, 11) is 0. The fourth-order valence-corrected chi connectivity index (χ4v) is 4.14. The number of allylic oxidation sites excluding steroid dienone is 4. The van der Waals surface area contributed by atoms with Crippen LogP contribution in [0.2, 0.25) is 0 Å². The van der Waals surface area contributed by atoms with Gasteiger partial charge in [0.2, 0.25) is 0 Å². The molecule has 21 heavy (non-hydrogen) atoms. The highest BCUT2D eigenvalue weighted by Gasteiger charge is 2.52. The monoisotopic (exact) mass is 285 g/mol. The van der Waals surface area contributed by atoms with E-state index < -0.39 is 0 Å². The second-order valence-electron chi connectivity index (χ2n) is 6.25. The SMILES string of the molecule is C=C1C=C[C@H](C)[C@H]2[C@H](C)c3onc(C)c3C(=C)[C@@]12C.CC. The van der Waals surface area contributed by atoms with Gasteiger partial charge in [-0.2, -0.15) is 0 Å². The topological polar surface area (TPSA) is 26.0 Å². The number of aromatic nitrogens is 1. The molecule has 1 heterocycles. The van der Waals surface area contributed by atoms with Crippen LogP contribution < -0.4 is 0 Å². The van der Waals surface area contributed by atoms with Crippen molar-refractivity contribution in [2.75, 3.05) is 0 Å². The quantitative estimate of drug-likeness (QED) is 0.627. The average molecular weight is 285 g/mol. The Labute approximate surface area is 128 Å². The third kappa shape index (κ3) is 1.96. The van der Waals surface area contributed by atoms with Crippen molar-refractivity contribution in [2.24, 2.45) is 17.3 Å². The van der Waals surface area contributed by atoms with E-state index in [1.165, 1.54) is 0 Å². The van der Waals surface area contributed by atoms with E-state index in [2.05, 4.69) is 51.2 Å². The summed E-state index contributed by atoms with van der Waals surface area (Å²) in [5, 5.41) is 4.15. The second kappa shape index (κ2) is 5.32. The van der Waals surface area contributed by atoms with Gasteiger partial charge in [-0.05, 0) is 29.9 Å². The van der Waals surface area contributed by atoms with Gasteiger partial charge in [0.05, 0.1) is 5.69 Å². The van der Waals surface area contributed by atoms with Gasteiger partial charge in [-0.1, -0.05) is 65.1 Å². The zero-order chi connectivity index (χ0) is 15.9. The first kappa shape index (κ1) is 15.8. The number of nitrogens with zero attached hydrogens (tertiary/aromatic N) is 1. The van der Waals surface area contributed by atoms with Crippen LogP contribution in [-0.2, 0) is 0 Å². The van der Waals surface area contributed by atoms with E-state index in [1.54, 1.807) is 0 Å². The number of hydrogen-bond donors (Lipinski definition) is 0. The van der Waals surface area contributed by atoms with Crippen molar-refractivity contribution in [3.63, 3.8) is 0 Å². The van der Waals surface area contributed by atoms with E-state index in [0.29, 0.717) is 17.8 Å². The molecule has 0 aliphatic heterocycles. The molecule has 2 nitrogen and oxygen atoms in total. The minimum Gasteiger partial charge on any atom is -0.360 e. The molecule has 0 aromatic carbocycles. The van der Waals surface area contributed by atoms with Crippen molar-refractivity contribution in [1.82, 2.24) is 5.16 Å². The third-order valence-corrected chi connectivity index (χ3v) is 5.27. The summed E-state index contributed by atoms with van der Waals surface area (Å²) >= 11 is 0. The Morgan fingerprint density at radius 1 is 1.24 bits per heavy atom. The second-order valence-corrected chi connectivity index (χ2v) is 6.25. The molecule has 0 spiro atoms. The molecule has 0 amide bonds. The van der Waals surface area contributed by atoms with Crippen LogP contribution in [0.5, 0.6) is 0 Å². The zero-order valence-electron chi connectivity index (χ0n) is 14.2. The van der Waals surface area contributed by atoms with Crippen molar-refractivity contribution >= 4 is 5.57 Å². The van der Waals surface area contributed by atoms with Gasteiger partial charge in [-0.15, -0.1) is 0 Å². The predicted octanol–water partition coefficient (Wildman–Crippen LogP) is 5.52. The molecule has 0 fully saturated rings. The fourth-order valence-electron chi connectivity index (χ4n) is 4.14. The highest BCUT2D eigenvalue weighted by Crippen LogP contribution is 2.61. The van der Waals surface area contributed by atoms with Gasteiger partial charge in [0.1, 0.15) is 5.76 Å². The molecule has 0 saturated carbocycles. The van der Waals surface area contributed by atoms with Gasteiger partial charge in [0.25, 0.3) is 0 Å². The Kier molecular flexibility index (Phi) is 4.01. The highest BCUT2D eigenvalue weighted by molar-refractivity contribution is 5.77. The number of hydrogen-bond acceptors (Lipinski definition) is 2. The molecule has 2 aliphatic carbocycles. The van der Waals surface area contributed by atoms with Crippen LogP contribution in [0, 0.1) is 24.2 Å². The van der Waals surface area contributed by atoms with Crippen LogP contribution in [-0.4, -0.2) is 5.16 Å². The first-order valence-corrected chi connectivity index (χ1v) is 7.92. The van der Waals surface area contributed by atoms with Crippen LogP contribution in [0.4, 0.5) is 0 Å². The Hall–Kier alpha value is -1.57. The number of aryl methyl sites for hydroxylation is 1.